The van der Waals surface area contributed by atoms with Crippen LogP contribution in [-0.4, -0.2) is 25.3 Å². The second kappa shape index (κ2) is 4.45. The van der Waals surface area contributed by atoms with E-state index in [1.54, 1.807) is 0 Å². The van der Waals surface area contributed by atoms with Crippen LogP contribution < -0.4 is 0 Å². The van der Waals surface area contributed by atoms with Crippen LogP contribution in [0.4, 0.5) is 0 Å². The molecule has 0 aromatic carbocycles. The summed E-state index contributed by atoms with van der Waals surface area (Å²) in [6.45, 7) is 9.16. The molecule has 0 aromatic rings. The highest BCUT2D eigenvalue weighted by molar-refractivity contribution is 5.65. The maximum absolute atomic E-state index is 11.0. The summed E-state index contributed by atoms with van der Waals surface area (Å²) in [5.74, 6) is 0.689. The zero-order valence-corrected chi connectivity index (χ0v) is 11.2. The van der Waals surface area contributed by atoms with Gasteiger partial charge in [0.05, 0.1) is 19.3 Å². The van der Waals surface area contributed by atoms with Gasteiger partial charge in [0.15, 0.2) is 0 Å². The second-order valence-corrected chi connectivity index (χ2v) is 5.67. The molecule has 0 spiro atoms. The molecule has 2 bridgehead atoms. The maximum Gasteiger partial charge on any atom is 0.302 e. The van der Waals surface area contributed by atoms with Gasteiger partial charge in [-0.1, -0.05) is 18.6 Å². The third kappa shape index (κ3) is 2.25. The molecule has 4 atom stereocenters. The fraction of sp³-hybridized carbons (Fsp3) is 0.786. The Morgan fingerprint density at radius 3 is 2.94 bits per heavy atom. The first-order chi connectivity index (χ1) is 7.94. The van der Waals surface area contributed by atoms with Crippen LogP contribution in [-0.2, 0) is 14.3 Å². The van der Waals surface area contributed by atoms with Crippen LogP contribution in [0.2, 0.25) is 0 Å². The van der Waals surface area contributed by atoms with Gasteiger partial charge in [-0.25, -0.2) is 0 Å². The van der Waals surface area contributed by atoms with Gasteiger partial charge >= 0.3 is 5.97 Å². The molecule has 1 heterocycles. The monoisotopic (exact) mass is 238 g/mol. The lowest BCUT2D eigenvalue weighted by atomic mass is 9.63. The second-order valence-electron chi connectivity index (χ2n) is 5.67. The fourth-order valence-electron chi connectivity index (χ4n) is 3.10. The Morgan fingerprint density at radius 2 is 2.29 bits per heavy atom. The van der Waals surface area contributed by atoms with Crippen molar-refractivity contribution in [2.24, 2.45) is 17.3 Å². The van der Waals surface area contributed by atoms with Crippen molar-refractivity contribution >= 4 is 5.97 Å². The molecule has 1 saturated heterocycles. The number of esters is 1. The third-order valence-electron chi connectivity index (χ3n) is 4.45. The summed E-state index contributed by atoms with van der Waals surface area (Å²) < 4.78 is 11.1. The van der Waals surface area contributed by atoms with Gasteiger partial charge in [-0.2, -0.15) is 0 Å². The standard InChI is InChI=1S/C14H22O3/c1-9-5-10(2)14(8-17-12(4)15)6-13(9)11(3)16-7-14/h5,10-11,13H,6-8H2,1-4H3/t10-,11-,13-,14+/m0/s1. The van der Waals surface area contributed by atoms with E-state index in [0.717, 1.165) is 6.42 Å². The molecule has 0 unspecified atom stereocenters. The van der Waals surface area contributed by atoms with E-state index in [1.165, 1.54) is 12.5 Å². The summed E-state index contributed by atoms with van der Waals surface area (Å²) in [7, 11) is 0. The largest absolute Gasteiger partial charge is 0.465 e. The van der Waals surface area contributed by atoms with Gasteiger partial charge in [-0.3, -0.25) is 4.79 Å². The fourth-order valence-corrected chi connectivity index (χ4v) is 3.10. The maximum atomic E-state index is 11.0. The minimum Gasteiger partial charge on any atom is -0.465 e. The molecular formula is C14H22O3. The van der Waals surface area contributed by atoms with Crippen molar-refractivity contribution in [3.63, 3.8) is 0 Å². The molecule has 17 heavy (non-hydrogen) atoms. The number of hydrogen-bond acceptors (Lipinski definition) is 3. The molecule has 0 aromatic heterocycles. The van der Waals surface area contributed by atoms with Crippen molar-refractivity contribution in [2.75, 3.05) is 13.2 Å². The summed E-state index contributed by atoms with van der Waals surface area (Å²) in [6.07, 6.45) is 3.69. The molecule has 0 radical (unpaired) electrons. The molecule has 1 fully saturated rings. The first-order valence-corrected chi connectivity index (χ1v) is 6.38. The van der Waals surface area contributed by atoms with Crippen LogP contribution >= 0.6 is 0 Å². The van der Waals surface area contributed by atoms with E-state index < -0.39 is 0 Å². The smallest absolute Gasteiger partial charge is 0.302 e. The molecule has 0 saturated carbocycles. The van der Waals surface area contributed by atoms with Crippen molar-refractivity contribution in [3.05, 3.63) is 11.6 Å². The molecule has 0 N–H and O–H groups in total. The lowest BCUT2D eigenvalue weighted by Gasteiger charge is -2.49. The number of ether oxygens (including phenoxy) is 2. The normalized spacial score (nSPS) is 40.7. The highest BCUT2D eigenvalue weighted by Crippen LogP contribution is 2.48. The van der Waals surface area contributed by atoms with Crippen molar-refractivity contribution in [2.45, 2.75) is 40.2 Å². The van der Waals surface area contributed by atoms with Gasteiger partial charge < -0.3 is 9.47 Å². The van der Waals surface area contributed by atoms with E-state index >= 15 is 0 Å². The molecule has 96 valence electrons. The molecule has 0 amide bonds. The van der Waals surface area contributed by atoms with Crippen molar-refractivity contribution in [3.8, 4) is 0 Å². The van der Waals surface area contributed by atoms with Gasteiger partial charge in [0.1, 0.15) is 0 Å². The van der Waals surface area contributed by atoms with E-state index in [0.29, 0.717) is 25.0 Å². The molecular weight excluding hydrogens is 216 g/mol. The van der Waals surface area contributed by atoms with Gasteiger partial charge in [0.25, 0.3) is 0 Å². The number of allylic oxidation sites excluding steroid dienone is 1. The van der Waals surface area contributed by atoms with Gasteiger partial charge in [-0.05, 0) is 26.2 Å². The number of carbonyl (C=O) groups excluding carboxylic acids is 1. The van der Waals surface area contributed by atoms with Crippen molar-refractivity contribution in [1.82, 2.24) is 0 Å². The van der Waals surface area contributed by atoms with Crippen molar-refractivity contribution in [1.29, 1.82) is 0 Å². The van der Waals surface area contributed by atoms with Gasteiger partial charge in [-0.15, -0.1) is 0 Å². The Balaban J connectivity index is 2.19. The minimum absolute atomic E-state index is 0.0116. The lowest BCUT2D eigenvalue weighted by Crippen LogP contribution is -2.50. The number of carbonyl (C=O) groups is 1. The van der Waals surface area contributed by atoms with Crippen LogP contribution in [0.15, 0.2) is 11.6 Å². The summed E-state index contributed by atoms with van der Waals surface area (Å²) in [4.78, 5) is 11.0. The molecule has 3 heteroatoms. The summed E-state index contributed by atoms with van der Waals surface area (Å²) >= 11 is 0. The zero-order valence-electron chi connectivity index (χ0n) is 11.2. The number of rotatable bonds is 2. The molecule has 2 rings (SSSR count). The van der Waals surface area contributed by atoms with Gasteiger partial charge in [0, 0.05) is 18.3 Å². The highest BCUT2D eigenvalue weighted by atomic mass is 16.5. The topological polar surface area (TPSA) is 35.5 Å². The highest BCUT2D eigenvalue weighted by Gasteiger charge is 2.47. The quantitative estimate of drug-likeness (QED) is 0.548. The van der Waals surface area contributed by atoms with Crippen LogP contribution in [0.3, 0.4) is 0 Å². The van der Waals surface area contributed by atoms with Crippen LogP contribution in [0.1, 0.15) is 34.1 Å². The van der Waals surface area contributed by atoms with Crippen molar-refractivity contribution < 1.29 is 14.3 Å². The van der Waals surface area contributed by atoms with Crippen LogP contribution in [0.25, 0.3) is 0 Å². The van der Waals surface area contributed by atoms with E-state index in [2.05, 4.69) is 26.8 Å². The Labute approximate surface area is 103 Å². The minimum atomic E-state index is -0.201. The average Bonchev–Trinajstić information content (AvgIpc) is 2.27. The van der Waals surface area contributed by atoms with Crippen LogP contribution in [0.5, 0.6) is 0 Å². The SMILES string of the molecule is CC(=O)OC[C@]12CO[C@@H](C)[C@@H](C1)C(C)=C[C@@H]2C. The van der Waals surface area contributed by atoms with E-state index in [1.807, 2.05) is 0 Å². The lowest BCUT2D eigenvalue weighted by molar-refractivity contribution is -0.159. The Bertz CT molecular complexity index is 347. The Hall–Kier alpha value is -0.830. The van der Waals surface area contributed by atoms with Gasteiger partial charge in [0.2, 0.25) is 0 Å². The predicted octanol–water partition coefficient (Wildman–Crippen LogP) is 2.56. The average molecular weight is 238 g/mol. The van der Waals surface area contributed by atoms with E-state index in [4.69, 9.17) is 9.47 Å². The summed E-state index contributed by atoms with van der Waals surface area (Å²) in [5, 5.41) is 0. The third-order valence-corrected chi connectivity index (χ3v) is 4.45. The van der Waals surface area contributed by atoms with E-state index in [-0.39, 0.29) is 17.5 Å². The molecule has 3 nitrogen and oxygen atoms in total. The summed E-state index contributed by atoms with van der Waals surface area (Å²) in [6, 6.07) is 0. The summed E-state index contributed by atoms with van der Waals surface area (Å²) in [5.41, 5.74) is 1.41. The van der Waals surface area contributed by atoms with Crippen LogP contribution in [0, 0.1) is 17.3 Å². The Kier molecular flexibility index (Phi) is 3.30. The molecule has 1 aliphatic heterocycles. The Morgan fingerprint density at radius 1 is 1.59 bits per heavy atom. The van der Waals surface area contributed by atoms with E-state index in [9.17, 15) is 4.79 Å². The molecule has 1 aliphatic carbocycles. The number of hydrogen-bond donors (Lipinski definition) is 0. The number of fused-ring (bicyclic) bond motifs is 2. The predicted molar refractivity (Wildman–Crippen MR) is 65.5 cm³/mol. The first-order valence-electron chi connectivity index (χ1n) is 6.38. The molecule has 2 aliphatic rings. The zero-order chi connectivity index (χ0) is 12.6. The first kappa shape index (κ1) is 12.6.